The van der Waals surface area contributed by atoms with Crippen LogP contribution in [0.2, 0.25) is 0 Å². The topological polar surface area (TPSA) is 34.1 Å². The number of ketones is 2. The molecule has 0 atom stereocenters. The molecule has 2 aromatic carbocycles. The predicted molar refractivity (Wildman–Crippen MR) is 125 cm³/mol. The Morgan fingerprint density at radius 3 is 1.97 bits per heavy atom. The van der Waals surface area contributed by atoms with Crippen LogP contribution >= 0.6 is 0 Å². The van der Waals surface area contributed by atoms with Gasteiger partial charge in [0.05, 0.1) is 6.42 Å². The number of hydrogen-bond acceptors (Lipinski definition) is 2. The van der Waals surface area contributed by atoms with Crippen molar-refractivity contribution in [3.8, 4) is 11.1 Å². The smallest absolute Gasteiger partial charge is 0.170 e. The first-order valence-corrected chi connectivity index (χ1v) is 11.9. The summed E-state index contributed by atoms with van der Waals surface area (Å²) in [7, 11) is 0. The van der Waals surface area contributed by atoms with Crippen molar-refractivity contribution in [3.05, 3.63) is 59.7 Å². The first-order valence-electron chi connectivity index (χ1n) is 11.9. The lowest BCUT2D eigenvalue weighted by Gasteiger charge is -2.29. The molecule has 1 aliphatic rings. The molecule has 0 N–H and O–H groups in total. The lowest BCUT2D eigenvalue weighted by Crippen LogP contribution is -2.13. The number of Topliss-reactive ketones (excluding diaryl/α,β-unsaturated/α-hetero) is 2. The minimum Gasteiger partial charge on any atom is -0.299 e. The normalized spacial score (nSPS) is 18.9. The Morgan fingerprint density at radius 1 is 0.800 bits per heavy atom. The fraction of sp³-hybridized carbons (Fsp3) is 0.500. The number of carbonyl (C=O) groups excluding carboxylic acids is 2. The van der Waals surface area contributed by atoms with Gasteiger partial charge in [0, 0.05) is 12.0 Å². The van der Waals surface area contributed by atoms with Crippen LogP contribution in [0.15, 0.2) is 48.5 Å². The number of rotatable bonds is 10. The van der Waals surface area contributed by atoms with E-state index in [-0.39, 0.29) is 18.0 Å². The molecule has 0 radical (unpaired) electrons. The highest BCUT2D eigenvalue weighted by Gasteiger charge is 2.22. The molecule has 0 amide bonds. The lowest BCUT2D eigenvalue weighted by atomic mass is 9.77. The van der Waals surface area contributed by atoms with Gasteiger partial charge < -0.3 is 0 Å². The summed E-state index contributed by atoms with van der Waals surface area (Å²) in [5.41, 5.74) is 4.37. The van der Waals surface area contributed by atoms with E-state index in [1.54, 1.807) is 6.92 Å². The Morgan fingerprint density at radius 2 is 1.40 bits per heavy atom. The fourth-order valence-electron chi connectivity index (χ4n) is 4.67. The number of carbonyl (C=O) groups is 2. The van der Waals surface area contributed by atoms with Gasteiger partial charge in [0.25, 0.3) is 0 Å². The molecule has 0 saturated heterocycles. The number of hydrogen-bond donors (Lipinski definition) is 0. The molecule has 2 aromatic rings. The molecule has 2 heteroatoms. The van der Waals surface area contributed by atoms with E-state index in [1.807, 2.05) is 24.3 Å². The van der Waals surface area contributed by atoms with E-state index in [1.165, 1.54) is 62.5 Å². The van der Waals surface area contributed by atoms with Gasteiger partial charge in [-0.2, -0.15) is 0 Å². The second-order valence-electron chi connectivity index (χ2n) is 8.90. The Bertz CT molecular complexity index is 809. The lowest BCUT2D eigenvalue weighted by molar-refractivity contribution is -0.117. The van der Waals surface area contributed by atoms with Gasteiger partial charge in [0.2, 0.25) is 0 Å². The fourth-order valence-corrected chi connectivity index (χ4v) is 4.67. The average Bonchev–Trinajstić information content (AvgIpc) is 2.80. The van der Waals surface area contributed by atoms with Gasteiger partial charge in [-0.15, -0.1) is 0 Å². The quantitative estimate of drug-likeness (QED) is 0.230. The third-order valence-corrected chi connectivity index (χ3v) is 6.74. The van der Waals surface area contributed by atoms with Gasteiger partial charge in [-0.1, -0.05) is 88.1 Å². The molecular formula is C28H36O2. The van der Waals surface area contributed by atoms with Crippen molar-refractivity contribution in [3.63, 3.8) is 0 Å². The van der Waals surface area contributed by atoms with Crippen molar-refractivity contribution in [2.75, 3.05) is 0 Å². The second-order valence-corrected chi connectivity index (χ2v) is 8.90. The van der Waals surface area contributed by atoms with Crippen molar-refractivity contribution in [1.82, 2.24) is 0 Å². The van der Waals surface area contributed by atoms with Crippen LogP contribution in [-0.2, 0) is 4.79 Å². The molecule has 0 spiro atoms. The second kappa shape index (κ2) is 11.2. The van der Waals surface area contributed by atoms with Crippen molar-refractivity contribution >= 4 is 11.6 Å². The van der Waals surface area contributed by atoms with Crippen LogP contribution in [0.1, 0.15) is 99.9 Å². The molecule has 0 bridgehead atoms. The molecule has 1 aliphatic carbocycles. The molecule has 0 heterocycles. The maximum atomic E-state index is 12.2. The Balaban J connectivity index is 1.56. The summed E-state index contributed by atoms with van der Waals surface area (Å²) in [6.45, 7) is 4.08. The zero-order valence-electron chi connectivity index (χ0n) is 18.7. The molecule has 3 rings (SSSR count). The van der Waals surface area contributed by atoms with Crippen molar-refractivity contribution in [2.24, 2.45) is 5.92 Å². The average molecular weight is 405 g/mol. The Hall–Kier alpha value is -2.22. The highest BCUT2D eigenvalue weighted by atomic mass is 16.1. The highest BCUT2D eigenvalue weighted by Crippen LogP contribution is 2.38. The first-order chi connectivity index (χ1) is 14.6. The van der Waals surface area contributed by atoms with Gasteiger partial charge in [0.1, 0.15) is 5.78 Å². The van der Waals surface area contributed by atoms with Crippen molar-refractivity contribution < 1.29 is 9.59 Å². The van der Waals surface area contributed by atoms with E-state index < -0.39 is 0 Å². The monoisotopic (exact) mass is 404 g/mol. The first kappa shape index (κ1) is 22.5. The van der Waals surface area contributed by atoms with E-state index in [0.717, 1.165) is 11.5 Å². The molecule has 160 valence electrons. The third kappa shape index (κ3) is 6.14. The van der Waals surface area contributed by atoms with E-state index in [4.69, 9.17) is 0 Å². The summed E-state index contributed by atoms with van der Waals surface area (Å²) in [6.07, 6.45) is 11.4. The van der Waals surface area contributed by atoms with Gasteiger partial charge >= 0.3 is 0 Å². The van der Waals surface area contributed by atoms with Crippen LogP contribution in [0.4, 0.5) is 0 Å². The molecule has 1 saturated carbocycles. The maximum absolute atomic E-state index is 12.2. The zero-order chi connectivity index (χ0) is 21.3. The van der Waals surface area contributed by atoms with Crippen LogP contribution in [0, 0.1) is 5.92 Å². The van der Waals surface area contributed by atoms with Crippen LogP contribution in [-0.4, -0.2) is 11.6 Å². The molecular weight excluding hydrogens is 368 g/mol. The molecule has 0 aromatic heterocycles. The number of benzene rings is 2. The molecule has 0 unspecified atom stereocenters. The van der Waals surface area contributed by atoms with Crippen LogP contribution < -0.4 is 0 Å². The van der Waals surface area contributed by atoms with Crippen molar-refractivity contribution in [2.45, 2.75) is 84.0 Å². The van der Waals surface area contributed by atoms with E-state index in [0.29, 0.717) is 17.9 Å². The minimum absolute atomic E-state index is 0.00495. The summed E-state index contributed by atoms with van der Waals surface area (Å²) in [5.74, 6) is 1.56. The summed E-state index contributed by atoms with van der Waals surface area (Å²) in [5, 5.41) is 0. The summed E-state index contributed by atoms with van der Waals surface area (Å²) < 4.78 is 0. The molecule has 2 nitrogen and oxygen atoms in total. The molecule has 1 fully saturated rings. The highest BCUT2D eigenvalue weighted by molar-refractivity contribution is 6.08. The standard InChI is InChI=1S/C28H36O2/c1-3-5-6-7-21-8-10-22(11-9-21)23-12-14-24(15-13-23)25-16-18-26(19-17-25)28(30)20-27(29)4-2/h12-19,21-22H,3-11,20H2,1-2H3. The van der Waals surface area contributed by atoms with Gasteiger partial charge in [-0.05, 0) is 54.2 Å². The summed E-state index contributed by atoms with van der Waals surface area (Å²) in [6, 6.07) is 16.6. The van der Waals surface area contributed by atoms with E-state index in [9.17, 15) is 9.59 Å². The van der Waals surface area contributed by atoms with Gasteiger partial charge in [-0.25, -0.2) is 0 Å². The summed E-state index contributed by atoms with van der Waals surface area (Å²) in [4.78, 5) is 23.7. The molecule has 0 aliphatic heterocycles. The minimum atomic E-state index is -0.0888. The van der Waals surface area contributed by atoms with Gasteiger partial charge in [0.15, 0.2) is 5.78 Å². The van der Waals surface area contributed by atoms with Crippen LogP contribution in [0.3, 0.4) is 0 Å². The summed E-state index contributed by atoms with van der Waals surface area (Å²) >= 11 is 0. The van der Waals surface area contributed by atoms with E-state index in [2.05, 4.69) is 31.2 Å². The Kier molecular flexibility index (Phi) is 8.42. The van der Waals surface area contributed by atoms with Crippen LogP contribution in [0.5, 0.6) is 0 Å². The number of unbranched alkanes of at least 4 members (excludes halogenated alkanes) is 2. The SMILES string of the molecule is CCCCCC1CCC(c2ccc(-c3ccc(C(=O)CC(=O)CC)cc3)cc2)CC1. The van der Waals surface area contributed by atoms with Crippen molar-refractivity contribution in [1.29, 1.82) is 0 Å². The van der Waals surface area contributed by atoms with Gasteiger partial charge in [-0.3, -0.25) is 9.59 Å². The zero-order valence-corrected chi connectivity index (χ0v) is 18.7. The maximum Gasteiger partial charge on any atom is 0.170 e. The molecule has 30 heavy (non-hydrogen) atoms. The predicted octanol–water partition coefficient (Wildman–Crippen LogP) is 7.76. The third-order valence-electron chi connectivity index (χ3n) is 6.74. The Labute approximate surface area is 182 Å². The largest absolute Gasteiger partial charge is 0.299 e. The van der Waals surface area contributed by atoms with E-state index >= 15 is 0 Å². The van der Waals surface area contributed by atoms with Crippen LogP contribution in [0.25, 0.3) is 11.1 Å².